The van der Waals surface area contributed by atoms with Crippen molar-refractivity contribution >= 4 is 32.6 Å². The lowest BCUT2D eigenvalue weighted by Gasteiger charge is -2.37. The van der Waals surface area contributed by atoms with E-state index in [1.54, 1.807) is 12.1 Å². The fourth-order valence-corrected chi connectivity index (χ4v) is 7.80. The Morgan fingerprint density at radius 3 is 2.41 bits per heavy atom. The van der Waals surface area contributed by atoms with Crippen LogP contribution < -0.4 is 14.8 Å². The van der Waals surface area contributed by atoms with Crippen LogP contribution in [0.25, 0.3) is 10.4 Å². The van der Waals surface area contributed by atoms with Crippen LogP contribution >= 0.6 is 11.3 Å². The third-order valence-electron chi connectivity index (χ3n) is 7.46. The van der Waals surface area contributed by atoms with Gasteiger partial charge < -0.3 is 24.4 Å². The van der Waals surface area contributed by atoms with Gasteiger partial charge in [-0.05, 0) is 76.1 Å². The number of nitrogens with one attached hydrogen (secondary N) is 2. The van der Waals surface area contributed by atoms with Crippen LogP contribution in [0.15, 0.2) is 23.1 Å². The summed E-state index contributed by atoms with van der Waals surface area (Å²) < 4.78 is 80.9. The van der Waals surface area contributed by atoms with Gasteiger partial charge in [-0.3, -0.25) is 0 Å². The normalized spacial score (nSPS) is 17.9. The van der Waals surface area contributed by atoms with Gasteiger partial charge in [0.25, 0.3) is 0 Å². The predicted molar refractivity (Wildman–Crippen MR) is 148 cm³/mol. The van der Waals surface area contributed by atoms with E-state index in [2.05, 4.69) is 28.6 Å². The molecule has 0 bridgehead atoms. The predicted octanol–water partition coefficient (Wildman–Crippen LogP) is 5.14. The number of anilines is 1. The van der Waals surface area contributed by atoms with Crippen LogP contribution in [0, 0.1) is 12.8 Å². The lowest BCUT2D eigenvalue weighted by atomic mass is 9.82. The quantitative estimate of drug-likeness (QED) is 0.417. The number of methoxy groups -OCH3 is 1. The molecule has 2 saturated heterocycles. The van der Waals surface area contributed by atoms with Crippen LogP contribution in [0.4, 0.5) is 23.1 Å². The molecule has 2 fully saturated rings. The molecular weight excluding hydrogens is 585 g/mol. The van der Waals surface area contributed by atoms with Crippen LogP contribution in [0.5, 0.6) is 5.75 Å². The van der Waals surface area contributed by atoms with Crippen molar-refractivity contribution in [3.63, 3.8) is 0 Å². The average molecular weight is 621 g/mol. The Hall–Kier alpha value is -2.62. The van der Waals surface area contributed by atoms with Crippen LogP contribution in [-0.2, 0) is 19.5 Å². The van der Waals surface area contributed by atoms with Crippen molar-refractivity contribution in [2.24, 2.45) is 5.92 Å². The summed E-state index contributed by atoms with van der Waals surface area (Å²) >= 11 is 1.44. The van der Waals surface area contributed by atoms with Crippen molar-refractivity contribution in [1.82, 2.24) is 14.6 Å². The van der Waals surface area contributed by atoms with Gasteiger partial charge in [-0.1, -0.05) is 11.3 Å². The van der Waals surface area contributed by atoms with Gasteiger partial charge in [0.1, 0.15) is 10.6 Å². The molecule has 4 rings (SSSR count). The van der Waals surface area contributed by atoms with Gasteiger partial charge in [-0.2, -0.15) is 0 Å². The second kappa shape index (κ2) is 12.3. The number of likely N-dealkylation sites (tertiary alicyclic amines) is 1. The molecular formula is C26H35F3N4O6S2. The molecule has 3 heterocycles. The van der Waals surface area contributed by atoms with E-state index in [1.807, 2.05) is 6.92 Å². The smallest absolute Gasteiger partial charge is 0.495 e. The monoisotopic (exact) mass is 620 g/mol. The lowest BCUT2D eigenvalue weighted by Crippen LogP contribution is -2.47. The highest BCUT2D eigenvalue weighted by Crippen LogP contribution is 2.39. The zero-order valence-corrected chi connectivity index (χ0v) is 25.0. The number of alkyl halides is 3. The Balaban J connectivity index is 1.48. The molecule has 0 saturated carbocycles. The van der Waals surface area contributed by atoms with Gasteiger partial charge in [0, 0.05) is 37.9 Å². The van der Waals surface area contributed by atoms with E-state index in [4.69, 9.17) is 14.5 Å². The summed E-state index contributed by atoms with van der Waals surface area (Å²) in [6.45, 7) is 7.46. The van der Waals surface area contributed by atoms with Crippen molar-refractivity contribution in [3.8, 4) is 16.2 Å². The molecule has 1 aromatic heterocycles. The Kier molecular flexibility index (Phi) is 9.41. The number of aromatic nitrogens is 1. The number of rotatable bonds is 8. The summed E-state index contributed by atoms with van der Waals surface area (Å²) in [7, 11) is -2.71. The minimum Gasteiger partial charge on any atom is -0.495 e. The largest absolute Gasteiger partial charge is 0.576 e. The maximum Gasteiger partial charge on any atom is 0.576 e. The van der Waals surface area contributed by atoms with Crippen molar-refractivity contribution in [1.29, 1.82) is 0 Å². The van der Waals surface area contributed by atoms with Crippen molar-refractivity contribution in [2.75, 3.05) is 38.7 Å². The first-order valence-corrected chi connectivity index (χ1v) is 15.6. The van der Waals surface area contributed by atoms with Crippen LogP contribution in [0.3, 0.4) is 0 Å². The van der Waals surface area contributed by atoms with Gasteiger partial charge >= 0.3 is 12.5 Å². The summed E-state index contributed by atoms with van der Waals surface area (Å²) in [6, 6.07) is 4.30. The Bertz CT molecular complexity index is 1340. The van der Waals surface area contributed by atoms with Crippen LogP contribution in [0.2, 0.25) is 0 Å². The number of carbonyl (C=O) groups is 1. The second-order valence-corrected chi connectivity index (χ2v) is 13.4. The first-order chi connectivity index (χ1) is 19.2. The molecule has 1 amide bonds. The number of hydrogen-bond acceptors (Lipinski definition) is 9. The second-order valence-electron chi connectivity index (χ2n) is 10.7. The summed E-state index contributed by atoms with van der Waals surface area (Å²) in [6.07, 6.45) is -4.41. The SMILES string of the molecule is COc1ccc(-c2sc(NC(C)(C)C3CCOCC3)nc2C)cc1S(=O)(=O)NC1CCN(C(=O)OC(F)(F)F)CC1. The summed E-state index contributed by atoms with van der Waals surface area (Å²) in [5.74, 6) is 0.573. The number of thiazole rings is 1. The molecule has 0 spiro atoms. The van der Waals surface area contributed by atoms with E-state index in [1.165, 1.54) is 24.5 Å². The molecule has 228 valence electrons. The summed E-state index contributed by atoms with van der Waals surface area (Å²) in [4.78, 5) is 18.0. The number of benzene rings is 1. The number of sulfonamides is 1. The molecule has 41 heavy (non-hydrogen) atoms. The standard InChI is InChI=1S/C26H35F3N4O6S2/c1-16-22(40-23(30-16)31-25(2,3)18-9-13-38-14-10-18)17-5-6-20(37-4)21(15-17)41(35,36)32-19-7-11-33(12-8-19)24(34)39-26(27,28)29/h5-6,15,18-19,32H,7-14H2,1-4H3,(H,30,31). The summed E-state index contributed by atoms with van der Waals surface area (Å²) in [5.41, 5.74) is 1.20. The Morgan fingerprint density at radius 1 is 1.15 bits per heavy atom. The highest BCUT2D eigenvalue weighted by atomic mass is 32.2. The van der Waals surface area contributed by atoms with Crippen LogP contribution in [0.1, 0.15) is 45.2 Å². The van der Waals surface area contributed by atoms with Gasteiger partial charge in [0.05, 0.1) is 17.7 Å². The van der Waals surface area contributed by atoms with Crippen molar-refractivity contribution in [2.45, 2.75) is 69.3 Å². The highest BCUT2D eigenvalue weighted by molar-refractivity contribution is 7.89. The topological polar surface area (TPSA) is 119 Å². The number of carbonyl (C=O) groups excluding carboxylic acids is 1. The van der Waals surface area contributed by atoms with Gasteiger partial charge in [0.2, 0.25) is 10.0 Å². The van der Waals surface area contributed by atoms with Gasteiger partial charge in [-0.15, -0.1) is 13.2 Å². The van der Waals surface area contributed by atoms with Crippen LogP contribution in [-0.4, -0.2) is 75.8 Å². The first kappa shape index (κ1) is 31.3. The molecule has 2 aliphatic heterocycles. The van der Waals surface area contributed by atoms with E-state index in [0.717, 1.165) is 46.7 Å². The zero-order chi connectivity index (χ0) is 30.0. The number of amides is 1. The molecule has 0 radical (unpaired) electrons. The zero-order valence-electron chi connectivity index (χ0n) is 23.3. The van der Waals surface area contributed by atoms with Crippen molar-refractivity contribution in [3.05, 3.63) is 23.9 Å². The van der Waals surface area contributed by atoms with E-state index >= 15 is 0 Å². The van der Waals surface area contributed by atoms with Gasteiger partial charge in [0.15, 0.2) is 5.13 Å². The van der Waals surface area contributed by atoms with E-state index in [-0.39, 0.29) is 42.1 Å². The number of piperidine rings is 1. The molecule has 0 unspecified atom stereocenters. The van der Waals surface area contributed by atoms with E-state index in [0.29, 0.717) is 11.5 Å². The molecule has 15 heteroatoms. The fourth-order valence-electron chi connectivity index (χ4n) is 5.17. The third kappa shape index (κ3) is 7.81. The number of halogens is 3. The third-order valence-corrected chi connectivity index (χ3v) is 10.1. The number of nitrogens with zero attached hydrogens (tertiary/aromatic N) is 2. The minimum absolute atomic E-state index is 0.0683. The van der Waals surface area contributed by atoms with E-state index < -0.39 is 28.5 Å². The minimum atomic E-state index is -5.08. The number of hydrogen-bond donors (Lipinski definition) is 2. The number of ether oxygens (including phenoxy) is 3. The highest BCUT2D eigenvalue weighted by Gasteiger charge is 2.38. The molecule has 2 N–H and O–H groups in total. The number of aryl methyl sites for hydroxylation is 1. The molecule has 10 nitrogen and oxygen atoms in total. The maximum absolute atomic E-state index is 13.4. The van der Waals surface area contributed by atoms with E-state index in [9.17, 15) is 26.4 Å². The first-order valence-electron chi connectivity index (χ1n) is 13.3. The maximum atomic E-state index is 13.4. The summed E-state index contributed by atoms with van der Waals surface area (Å²) in [5, 5.41) is 4.30. The fraction of sp³-hybridized carbons (Fsp3) is 0.615. The van der Waals surface area contributed by atoms with Crippen molar-refractivity contribution < 1.29 is 40.6 Å². The van der Waals surface area contributed by atoms with Gasteiger partial charge in [-0.25, -0.2) is 22.9 Å². The average Bonchev–Trinajstić information content (AvgIpc) is 3.27. The molecule has 2 aliphatic rings. The molecule has 1 aromatic carbocycles. The Morgan fingerprint density at radius 2 is 1.80 bits per heavy atom. The molecule has 0 aliphatic carbocycles. The molecule has 2 aromatic rings. The lowest BCUT2D eigenvalue weighted by molar-refractivity contribution is -0.294. The Labute approximate surface area is 241 Å². The molecule has 0 atom stereocenters.